The number of hydrogen-bond acceptors (Lipinski definition) is 3. The summed E-state index contributed by atoms with van der Waals surface area (Å²) >= 11 is 0. The lowest BCUT2D eigenvalue weighted by Crippen LogP contribution is -2.24. The SMILES string of the molecule is CC1CCC(Nc2ccc(N)c(C(=O)O)c2)C1C. The van der Waals surface area contributed by atoms with Crippen LogP contribution in [0.1, 0.15) is 37.0 Å². The molecule has 4 nitrogen and oxygen atoms in total. The van der Waals surface area contributed by atoms with Crippen molar-refractivity contribution in [1.29, 1.82) is 0 Å². The van der Waals surface area contributed by atoms with Crippen molar-refractivity contribution < 1.29 is 9.90 Å². The van der Waals surface area contributed by atoms with E-state index in [0.29, 0.717) is 17.6 Å². The lowest BCUT2D eigenvalue weighted by molar-refractivity contribution is 0.0698. The van der Waals surface area contributed by atoms with Crippen LogP contribution in [0.4, 0.5) is 11.4 Å². The minimum Gasteiger partial charge on any atom is -0.478 e. The molecule has 18 heavy (non-hydrogen) atoms. The molecular formula is C14H20N2O2. The molecule has 1 aliphatic carbocycles. The highest BCUT2D eigenvalue weighted by molar-refractivity contribution is 5.94. The molecule has 3 unspecified atom stereocenters. The molecule has 4 heteroatoms. The summed E-state index contributed by atoms with van der Waals surface area (Å²) in [6.07, 6.45) is 2.36. The number of hydrogen-bond donors (Lipinski definition) is 3. The predicted molar refractivity (Wildman–Crippen MR) is 72.8 cm³/mol. The Morgan fingerprint density at radius 1 is 1.39 bits per heavy atom. The molecule has 3 atom stereocenters. The van der Waals surface area contributed by atoms with Gasteiger partial charge in [0.25, 0.3) is 0 Å². The number of carboxylic acid groups (broad SMARTS) is 1. The summed E-state index contributed by atoms with van der Waals surface area (Å²) in [6, 6.07) is 5.53. The van der Waals surface area contributed by atoms with Gasteiger partial charge in [-0.1, -0.05) is 13.8 Å². The monoisotopic (exact) mass is 248 g/mol. The fourth-order valence-corrected chi connectivity index (χ4v) is 2.61. The average molecular weight is 248 g/mol. The summed E-state index contributed by atoms with van der Waals surface area (Å²) in [7, 11) is 0. The van der Waals surface area contributed by atoms with Gasteiger partial charge in [-0.2, -0.15) is 0 Å². The molecule has 4 N–H and O–H groups in total. The van der Waals surface area contributed by atoms with Gasteiger partial charge < -0.3 is 16.2 Å². The lowest BCUT2D eigenvalue weighted by atomic mass is 9.97. The molecule has 98 valence electrons. The predicted octanol–water partition coefficient (Wildman–Crippen LogP) is 2.81. The highest BCUT2D eigenvalue weighted by Gasteiger charge is 2.29. The van der Waals surface area contributed by atoms with E-state index in [1.54, 1.807) is 12.1 Å². The van der Waals surface area contributed by atoms with Gasteiger partial charge in [-0.3, -0.25) is 0 Å². The van der Waals surface area contributed by atoms with Gasteiger partial charge in [0.05, 0.1) is 5.56 Å². The molecule has 0 heterocycles. The highest BCUT2D eigenvalue weighted by atomic mass is 16.4. The molecular weight excluding hydrogens is 228 g/mol. The number of carboxylic acids is 1. The van der Waals surface area contributed by atoms with E-state index in [2.05, 4.69) is 19.2 Å². The number of nitrogens with one attached hydrogen (secondary N) is 1. The van der Waals surface area contributed by atoms with E-state index in [1.165, 1.54) is 6.42 Å². The Morgan fingerprint density at radius 3 is 2.67 bits per heavy atom. The Balaban J connectivity index is 2.15. The zero-order valence-electron chi connectivity index (χ0n) is 10.8. The van der Waals surface area contributed by atoms with Crippen molar-refractivity contribution in [3.05, 3.63) is 23.8 Å². The first-order chi connectivity index (χ1) is 8.49. The van der Waals surface area contributed by atoms with E-state index in [1.807, 2.05) is 6.07 Å². The van der Waals surface area contributed by atoms with Crippen molar-refractivity contribution in [2.24, 2.45) is 11.8 Å². The van der Waals surface area contributed by atoms with Crippen LogP contribution in [0.15, 0.2) is 18.2 Å². The molecule has 0 aromatic heterocycles. The largest absolute Gasteiger partial charge is 0.478 e. The molecule has 1 aromatic rings. The van der Waals surface area contributed by atoms with Gasteiger partial charge in [-0.05, 0) is 42.9 Å². The lowest BCUT2D eigenvalue weighted by Gasteiger charge is -2.21. The number of rotatable bonds is 3. The minimum atomic E-state index is -0.982. The van der Waals surface area contributed by atoms with Crippen LogP contribution in [-0.2, 0) is 0 Å². The Morgan fingerprint density at radius 2 is 2.11 bits per heavy atom. The summed E-state index contributed by atoms with van der Waals surface area (Å²) in [4.78, 5) is 11.0. The maximum Gasteiger partial charge on any atom is 0.337 e. The van der Waals surface area contributed by atoms with E-state index < -0.39 is 5.97 Å². The number of carbonyl (C=O) groups is 1. The first-order valence-electron chi connectivity index (χ1n) is 6.38. The van der Waals surface area contributed by atoms with Crippen LogP contribution >= 0.6 is 0 Å². The summed E-state index contributed by atoms with van der Waals surface area (Å²) in [5, 5.41) is 12.5. The maximum absolute atomic E-state index is 11.0. The molecule has 1 aliphatic rings. The van der Waals surface area contributed by atoms with Crippen molar-refractivity contribution in [1.82, 2.24) is 0 Å². The number of anilines is 2. The molecule has 1 aromatic carbocycles. The number of nitrogen functional groups attached to an aromatic ring is 1. The average Bonchev–Trinajstić information content (AvgIpc) is 2.63. The summed E-state index contributed by atoms with van der Waals surface area (Å²) in [6.45, 7) is 4.50. The number of aromatic carboxylic acids is 1. The van der Waals surface area contributed by atoms with Gasteiger partial charge in [0.2, 0.25) is 0 Å². The quantitative estimate of drug-likeness (QED) is 0.719. The number of nitrogens with two attached hydrogens (primary N) is 1. The molecule has 2 rings (SSSR count). The third kappa shape index (κ3) is 2.42. The first kappa shape index (κ1) is 12.7. The van der Waals surface area contributed by atoms with Gasteiger partial charge in [0.1, 0.15) is 0 Å². The van der Waals surface area contributed by atoms with Crippen LogP contribution in [-0.4, -0.2) is 17.1 Å². The Labute approximate surface area is 107 Å². The Hall–Kier alpha value is -1.71. The molecule has 1 fully saturated rings. The van der Waals surface area contributed by atoms with Crippen molar-refractivity contribution >= 4 is 17.3 Å². The van der Waals surface area contributed by atoms with Crippen LogP contribution in [0.2, 0.25) is 0 Å². The second-order valence-electron chi connectivity index (χ2n) is 5.27. The maximum atomic E-state index is 11.0. The molecule has 0 spiro atoms. The Kier molecular flexibility index (Phi) is 3.45. The van der Waals surface area contributed by atoms with E-state index in [-0.39, 0.29) is 5.56 Å². The molecule has 1 saturated carbocycles. The highest BCUT2D eigenvalue weighted by Crippen LogP contribution is 2.33. The van der Waals surface area contributed by atoms with Crippen LogP contribution in [0.25, 0.3) is 0 Å². The van der Waals surface area contributed by atoms with Crippen LogP contribution in [0, 0.1) is 11.8 Å². The van der Waals surface area contributed by atoms with Crippen LogP contribution in [0.3, 0.4) is 0 Å². The molecule has 0 saturated heterocycles. The molecule has 0 bridgehead atoms. The molecule has 0 radical (unpaired) electrons. The third-order valence-corrected chi connectivity index (χ3v) is 4.10. The minimum absolute atomic E-state index is 0.165. The van der Waals surface area contributed by atoms with Gasteiger partial charge in [0.15, 0.2) is 0 Å². The van der Waals surface area contributed by atoms with Gasteiger partial charge in [-0.25, -0.2) is 4.79 Å². The van der Waals surface area contributed by atoms with Crippen molar-refractivity contribution in [3.63, 3.8) is 0 Å². The zero-order valence-corrected chi connectivity index (χ0v) is 10.8. The summed E-state index contributed by atoms with van der Waals surface area (Å²) in [5.74, 6) is 0.343. The van der Waals surface area contributed by atoms with Gasteiger partial charge >= 0.3 is 5.97 Å². The first-order valence-corrected chi connectivity index (χ1v) is 6.38. The second-order valence-corrected chi connectivity index (χ2v) is 5.27. The summed E-state index contributed by atoms with van der Waals surface area (Å²) in [5.41, 5.74) is 6.95. The van der Waals surface area contributed by atoms with Crippen LogP contribution in [0.5, 0.6) is 0 Å². The van der Waals surface area contributed by atoms with E-state index in [0.717, 1.165) is 18.0 Å². The van der Waals surface area contributed by atoms with Crippen molar-refractivity contribution in [3.8, 4) is 0 Å². The van der Waals surface area contributed by atoms with Gasteiger partial charge in [-0.15, -0.1) is 0 Å². The topological polar surface area (TPSA) is 75.3 Å². The van der Waals surface area contributed by atoms with E-state index in [9.17, 15) is 4.79 Å². The number of benzene rings is 1. The normalized spacial score (nSPS) is 27.1. The van der Waals surface area contributed by atoms with Gasteiger partial charge in [0, 0.05) is 17.4 Å². The standard InChI is InChI=1S/C14H20N2O2/c1-8-3-6-13(9(8)2)16-10-4-5-12(15)11(7-10)14(17)18/h4-5,7-9,13,16H,3,6,15H2,1-2H3,(H,17,18). The molecule has 0 aliphatic heterocycles. The molecule has 0 amide bonds. The third-order valence-electron chi connectivity index (χ3n) is 4.10. The van der Waals surface area contributed by atoms with Crippen molar-refractivity contribution in [2.45, 2.75) is 32.7 Å². The van der Waals surface area contributed by atoms with E-state index >= 15 is 0 Å². The smallest absolute Gasteiger partial charge is 0.337 e. The summed E-state index contributed by atoms with van der Waals surface area (Å²) < 4.78 is 0. The van der Waals surface area contributed by atoms with Crippen molar-refractivity contribution in [2.75, 3.05) is 11.1 Å². The van der Waals surface area contributed by atoms with Crippen LogP contribution < -0.4 is 11.1 Å². The van der Waals surface area contributed by atoms with E-state index in [4.69, 9.17) is 10.8 Å². The fourth-order valence-electron chi connectivity index (χ4n) is 2.61. The Bertz CT molecular complexity index is 459. The second kappa shape index (κ2) is 4.88. The zero-order chi connectivity index (χ0) is 13.3. The fraction of sp³-hybridized carbons (Fsp3) is 0.500.